The van der Waals surface area contributed by atoms with E-state index in [9.17, 15) is 13.5 Å². The molecule has 0 aromatic heterocycles. The van der Waals surface area contributed by atoms with Crippen molar-refractivity contribution in [3.05, 3.63) is 23.2 Å². The number of benzene rings is 1. The number of nitrogens with one attached hydrogen (secondary N) is 1. The van der Waals surface area contributed by atoms with Crippen LogP contribution in [0.4, 0.5) is 0 Å². The zero-order valence-electron chi connectivity index (χ0n) is 12.2. The predicted molar refractivity (Wildman–Crippen MR) is 86.8 cm³/mol. The highest BCUT2D eigenvalue weighted by Crippen LogP contribution is 2.27. The lowest BCUT2D eigenvalue weighted by Crippen LogP contribution is -2.41. The van der Waals surface area contributed by atoms with Crippen LogP contribution in [0.5, 0.6) is 5.75 Å². The van der Waals surface area contributed by atoms with Crippen molar-refractivity contribution in [2.75, 3.05) is 25.7 Å². The number of ether oxygens (including phenoxy) is 1. The third-order valence-electron chi connectivity index (χ3n) is 2.92. The van der Waals surface area contributed by atoms with Gasteiger partial charge < -0.3 is 9.84 Å². The van der Waals surface area contributed by atoms with Gasteiger partial charge in [0.25, 0.3) is 0 Å². The Balaban J connectivity index is 2.80. The van der Waals surface area contributed by atoms with E-state index in [-0.39, 0.29) is 16.5 Å². The fourth-order valence-electron chi connectivity index (χ4n) is 1.56. The molecule has 0 unspecified atom stereocenters. The Kier molecular flexibility index (Phi) is 6.80. The number of rotatable bonds is 8. The Morgan fingerprint density at radius 3 is 2.67 bits per heavy atom. The molecule has 0 saturated carbocycles. The van der Waals surface area contributed by atoms with Gasteiger partial charge in [0.2, 0.25) is 10.0 Å². The van der Waals surface area contributed by atoms with Gasteiger partial charge in [-0.3, -0.25) is 0 Å². The summed E-state index contributed by atoms with van der Waals surface area (Å²) >= 11 is 7.52. The Labute approximate surface area is 135 Å². The van der Waals surface area contributed by atoms with Crippen molar-refractivity contribution in [3.63, 3.8) is 0 Å². The van der Waals surface area contributed by atoms with Crippen LogP contribution < -0.4 is 9.46 Å². The first-order valence-electron chi connectivity index (χ1n) is 6.26. The third-order valence-corrected chi connectivity index (χ3v) is 5.23. The van der Waals surface area contributed by atoms with E-state index in [1.807, 2.05) is 6.26 Å². The molecule has 0 bridgehead atoms. The molecule has 0 aliphatic carbocycles. The highest BCUT2D eigenvalue weighted by Gasteiger charge is 2.24. The summed E-state index contributed by atoms with van der Waals surface area (Å²) in [7, 11) is -2.27. The predicted octanol–water partition coefficient (Wildman–Crippen LogP) is 2.13. The van der Waals surface area contributed by atoms with E-state index in [0.717, 1.165) is 5.75 Å². The first kappa shape index (κ1) is 18.6. The van der Waals surface area contributed by atoms with Gasteiger partial charge in [0.1, 0.15) is 5.75 Å². The largest absolute Gasteiger partial charge is 0.495 e. The number of hydrogen-bond donors (Lipinski definition) is 2. The maximum atomic E-state index is 12.2. The van der Waals surface area contributed by atoms with Gasteiger partial charge in [-0.2, -0.15) is 11.8 Å². The summed E-state index contributed by atoms with van der Waals surface area (Å²) in [5, 5.41) is 10.3. The smallest absolute Gasteiger partial charge is 0.240 e. The molecule has 0 aliphatic heterocycles. The van der Waals surface area contributed by atoms with E-state index in [0.29, 0.717) is 12.2 Å². The van der Waals surface area contributed by atoms with Gasteiger partial charge in [-0.25, -0.2) is 13.1 Å². The van der Waals surface area contributed by atoms with Crippen LogP contribution in [-0.4, -0.2) is 44.8 Å². The summed E-state index contributed by atoms with van der Waals surface area (Å²) in [5.41, 5.74) is -1.09. The SMILES string of the molecule is COc1ccc(S(=O)(=O)NC[C@](C)(O)CCSC)cc1Cl. The maximum absolute atomic E-state index is 12.2. The summed E-state index contributed by atoms with van der Waals surface area (Å²) < 4.78 is 31.7. The van der Waals surface area contributed by atoms with Crippen LogP contribution in [0.2, 0.25) is 5.02 Å². The zero-order valence-corrected chi connectivity index (χ0v) is 14.6. The van der Waals surface area contributed by atoms with Crippen LogP contribution in [-0.2, 0) is 10.0 Å². The number of sulfonamides is 1. The van der Waals surface area contributed by atoms with Crippen molar-refractivity contribution < 1.29 is 18.3 Å². The molecule has 0 amide bonds. The summed E-state index contributed by atoms with van der Waals surface area (Å²) in [6, 6.07) is 4.21. The summed E-state index contributed by atoms with van der Waals surface area (Å²) in [4.78, 5) is 0.0361. The number of hydrogen-bond acceptors (Lipinski definition) is 5. The van der Waals surface area contributed by atoms with Crippen molar-refractivity contribution >= 4 is 33.4 Å². The minimum atomic E-state index is -3.72. The van der Waals surface area contributed by atoms with E-state index in [1.165, 1.54) is 25.3 Å². The highest BCUT2D eigenvalue weighted by atomic mass is 35.5. The molecule has 1 aromatic carbocycles. The zero-order chi connectivity index (χ0) is 16.1. The Morgan fingerprint density at radius 2 is 2.14 bits per heavy atom. The lowest BCUT2D eigenvalue weighted by molar-refractivity contribution is 0.0626. The second-order valence-corrected chi connectivity index (χ2v) is 8.02. The molecule has 0 spiro atoms. The van der Waals surface area contributed by atoms with Crippen LogP contribution in [0.15, 0.2) is 23.1 Å². The van der Waals surface area contributed by atoms with Crippen molar-refractivity contribution in [1.82, 2.24) is 4.72 Å². The minimum Gasteiger partial charge on any atom is -0.495 e. The van der Waals surface area contributed by atoms with Gasteiger partial charge in [-0.15, -0.1) is 0 Å². The van der Waals surface area contributed by atoms with Crippen molar-refractivity contribution in [2.45, 2.75) is 23.8 Å². The molecular formula is C13H20ClNO4S2. The Morgan fingerprint density at radius 1 is 1.48 bits per heavy atom. The van der Waals surface area contributed by atoms with Crippen LogP contribution in [0.3, 0.4) is 0 Å². The molecule has 1 atom stereocenters. The summed E-state index contributed by atoms with van der Waals surface area (Å²) in [5.74, 6) is 1.16. The van der Waals surface area contributed by atoms with Crippen LogP contribution >= 0.6 is 23.4 Å². The van der Waals surface area contributed by atoms with E-state index in [2.05, 4.69) is 4.72 Å². The molecule has 120 valence electrons. The second-order valence-electron chi connectivity index (χ2n) is 4.86. The summed E-state index contributed by atoms with van der Waals surface area (Å²) in [6.07, 6.45) is 2.43. The van der Waals surface area contributed by atoms with Gasteiger partial charge in [0.15, 0.2) is 0 Å². The van der Waals surface area contributed by atoms with Gasteiger partial charge in [0.05, 0.1) is 22.6 Å². The van der Waals surface area contributed by atoms with Gasteiger partial charge in [-0.1, -0.05) is 11.6 Å². The standard InChI is InChI=1S/C13H20ClNO4S2/c1-13(16,6-7-20-3)9-15-21(17,18)10-4-5-12(19-2)11(14)8-10/h4-5,8,15-16H,6-7,9H2,1-3H3/t13-/m1/s1. The van der Waals surface area contributed by atoms with E-state index < -0.39 is 15.6 Å². The molecule has 5 nitrogen and oxygen atoms in total. The normalized spacial score (nSPS) is 14.7. The monoisotopic (exact) mass is 353 g/mol. The average molecular weight is 354 g/mol. The Bertz CT molecular complexity index is 576. The molecule has 1 rings (SSSR count). The molecule has 0 fully saturated rings. The fraction of sp³-hybridized carbons (Fsp3) is 0.538. The molecule has 2 N–H and O–H groups in total. The first-order valence-corrected chi connectivity index (χ1v) is 9.52. The average Bonchev–Trinajstić information content (AvgIpc) is 2.43. The molecule has 0 aliphatic rings. The molecule has 21 heavy (non-hydrogen) atoms. The lowest BCUT2D eigenvalue weighted by atomic mass is 10.1. The van der Waals surface area contributed by atoms with Crippen LogP contribution in [0.25, 0.3) is 0 Å². The molecule has 0 saturated heterocycles. The quantitative estimate of drug-likeness (QED) is 0.748. The van der Waals surface area contributed by atoms with E-state index in [4.69, 9.17) is 16.3 Å². The van der Waals surface area contributed by atoms with Crippen molar-refractivity contribution in [2.24, 2.45) is 0 Å². The number of methoxy groups -OCH3 is 1. The highest BCUT2D eigenvalue weighted by molar-refractivity contribution is 7.98. The van der Waals surface area contributed by atoms with Crippen LogP contribution in [0, 0.1) is 0 Å². The minimum absolute atomic E-state index is 0.0361. The maximum Gasteiger partial charge on any atom is 0.240 e. The Hall–Kier alpha value is -0.470. The van der Waals surface area contributed by atoms with Gasteiger partial charge in [-0.05, 0) is 43.6 Å². The summed E-state index contributed by atoms with van der Waals surface area (Å²) in [6.45, 7) is 1.55. The third kappa shape index (κ3) is 5.67. The second kappa shape index (κ2) is 7.69. The van der Waals surface area contributed by atoms with Crippen molar-refractivity contribution in [1.29, 1.82) is 0 Å². The molecule has 0 radical (unpaired) electrons. The van der Waals surface area contributed by atoms with Gasteiger partial charge >= 0.3 is 0 Å². The van der Waals surface area contributed by atoms with E-state index >= 15 is 0 Å². The topological polar surface area (TPSA) is 75.6 Å². The molecule has 1 aromatic rings. The van der Waals surface area contributed by atoms with Gasteiger partial charge in [0, 0.05) is 6.54 Å². The van der Waals surface area contributed by atoms with Crippen LogP contribution in [0.1, 0.15) is 13.3 Å². The van der Waals surface area contributed by atoms with E-state index in [1.54, 1.807) is 18.7 Å². The number of thioether (sulfide) groups is 1. The molecule has 0 heterocycles. The first-order chi connectivity index (χ1) is 9.72. The number of halogens is 1. The molecule has 8 heteroatoms. The fourth-order valence-corrected chi connectivity index (χ4v) is 3.71. The number of aliphatic hydroxyl groups is 1. The van der Waals surface area contributed by atoms with Crippen molar-refractivity contribution in [3.8, 4) is 5.75 Å². The molecular weight excluding hydrogens is 334 g/mol. The lowest BCUT2D eigenvalue weighted by Gasteiger charge is -2.23.